The number of benzene rings is 2. The molecule has 2 aromatic carbocycles. The molecule has 1 heterocycles. The van der Waals surface area contributed by atoms with E-state index >= 15 is 0 Å². The van der Waals surface area contributed by atoms with Crippen LogP contribution in [0, 0.1) is 0 Å². The molecule has 0 fully saturated rings. The number of hydrogen-bond donors (Lipinski definition) is 2. The molecule has 1 aliphatic heterocycles. The first-order valence-electron chi connectivity index (χ1n) is 7.38. The number of anilines is 2. The molecule has 2 aromatic rings. The zero-order valence-electron chi connectivity index (χ0n) is 12.7. The molecule has 24 heavy (non-hydrogen) atoms. The molecule has 3 rings (SSSR count). The minimum atomic E-state index is -0.793. The number of para-hydroxylation sites is 2. The van der Waals surface area contributed by atoms with Crippen LogP contribution in [0.5, 0.6) is 5.75 Å². The topological polar surface area (TPSA) is 84.7 Å². The highest BCUT2D eigenvalue weighted by Crippen LogP contribution is 2.32. The molecular weight excluding hydrogens is 330 g/mol. The minimum Gasteiger partial charge on any atom is -0.477 e. The molecule has 0 bridgehead atoms. The Labute approximate surface area is 144 Å². The van der Waals surface area contributed by atoms with Gasteiger partial charge >= 0.3 is 0 Å². The van der Waals surface area contributed by atoms with E-state index in [0.29, 0.717) is 16.5 Å². The van der Waals surface area contributed by atoms with E-state index in [1.165, 1.54) is 0 Å². The number of primary amides is 1. The summed E-state index contributed by atoms with van der Waals surface area (Å²) in [7, 11) is 0. The van der Waals surface area contributed by atoms with Gasteiger partial charge in [0.25, 0.3) is 5.91 Å². The first kappa shape index (κ1) is 16.1. The fourth-order valence-corrected chi connectivity index (χ4v) is 2.74. The molecule has 3 N–H and O–H groups in total. The second kappa shape index (κ2) is 6.80. The van der Waals surface area contributed by atoms with Gasteiger partial charge in [-0.2, -0.15) is 0 Å². The Kier molecular flexibility index (Phi) is 4.57. The largest absolute Gasteiger partial charge is 0.477 e. The minimum absolute atomic E-state index is 0.0661. The Morgan fingerprint density at radius 1 is 1.25 bits per heavy atom. The van der Waals surface area contributed by atoms with Crippen LogP contribution in [0.3, 0.4) is 0 Å². The van der Waals surface area contributed by atoms with Crippen LogP contribution >= 0.6 is 11.6 Å². The summed E-state index contributed by atoms with van der Waals surface area (Å²) in [5.41, 5.74) is 6.71. The van der Waals surface area contributed by atoms with Gasteiger partial charge in [0.2, 0.25) is 5.91 Å². The van der Waals surface area contributed by atoms with Gasteiger partial charge in [-0.1, -0.05) is 29.8 Å². The lowest BCUT2D eigenvalue weighted by molar-refractivity contribution is -0.125. The lowest BCUT2D eigenvalue weighted by Crippen LogP contribution is -2.49. The second-order valence-corrected chi connectivity index (χ2v) is 5.85. The number of rotatable bonds is 4. The molecule has 0 aliphatic carbocycles. The van der Waals surface area contributed by atoms with E-state index in [0.717, 1.165) is 5.69 Å². The van der Waals surface area contributed by atoms with Gasteiger partial charge in [-0.3, -0.25) is 9.59 Å². The van der Waals surface area contributed by atoms with Crippen molar-refractivity contribution in [1.82, 2.24) is 0 Å². The van der Waals surface area contributed by atoms with Crippen LogP contribution in [0.25, 0.3) is 0 Å². The zero-order valence-corrected chi connectivity index (χ0v) is 13.5. The lowest BCUT2D eigenvalue weighted by Gasteiger charge is -2.34. The number of nitrogens with two attached hydrogens (primary N) is 1. The number of ether oxygens (including phenoxy) is 1. The summed E-state index contributed by atoms with van der Waals surface area (Å²) in [6.07, 6.45) is -0.793. The molecule has 0 spiro atoms. The van der Waals surface area contributed by atoms with Crippen molar-refractivity contribution in [3.8, 4) is 5.75 Å². The predicted molar refractivity (Wildman–Crippen MR) is 92.3 cm³/mol. The fourth-order valence-electron chi connectivity index (χ4n) is 2.54. The highest BCUT2D eigenvalue weighted by molar-refractivity contribution is 6.30. The van der Waals surface area contributed by atoms with E-state index < -0.39 is 12.0 Å². The summed E-state index contributed by atoms with van der Waals surface area (Å²) < 4.78 is 5.57. The molecule has 1 aliphatic rings. The van der Waals surface area contributed by atoms with Crippen LogP contribution in [0.15, 0.2) is 48.5 Å². The summed E-state index contributed by atoms with van der Waals surface area (Å²) >= 11 is 5.91. The molecular formula is C17H16ClN3O3. The summed E-state index contributed by atoms with van der Waals surface area (Å²) in [5.74, 6) is -0.259. The summed E-state index contributed by atoms with van der Waals surface area (Å²) in [6, 6.07) is 14.1. The van der Waals surface area contributed by atoms with Crippen LogP contribution in [-0.2, 0) is 9.59 Å². The van der Waals surface area contributed by atoms with Gasteiger partial charge in [0, 0.05) is 10.7 Å². The Morgan fingerprint density at radius 2 is 2.04 bits per heavy atom. The van der Waals surface area contributed by atoms with E-state index in [1.807, 2.05) is 12.1 Å². The summed E-state index contributed by atoms with van der Waals surface area (Å²) in [6.45, 7) is 0.284. The molecule has 0 saturated carbocycles. The number of amides is 2. The highest BCUT2D eigenvalue weighted by atomic mass is 35.5. The summed E-state index contributed by atoms with van der Waals surface area (Å²) in [4.78, 5) is 25.6. The number of carbonyl (C=O) groups excluding carboxylic acids is 2. The third kappa shape index (κ3) is 3.60. The fraction of sp³-hybridized carbons (Fsp3) is 0.176. The number of nitrogens with zero attached hydrogens (tertiary/aromatic N) is 1. The molecule has 1 unspecified atom stereocenters. The molecule has 0 aromatic heterocycles. The smallest absolute Gasteiger partial charge is 0.260 e. The predicted octanol–water partition coefficient (Wildman–Crippen LogP) is 2.03. The average Bonchev–Trinajstić information content (AvgIpc) is 2.54. The van der Waals surface area contributed by atoms with E-state index in [-0.39, 0.29) is 19.0 Å². The average molecular weight is 346 g/mol. The van der Waals surface area contributed by atoms with Gasteiger partial charge in [-0.25, -0.2) is 0 Å². The highest BCUT2D eigenvalue weighted by Gasteiger charge is 2.30. The van der Waals surface area contributed by atoms with Gasteiger partial charge in [-0.15, -0.1) is 0 Å². The number of fused-ring (bicyclic) bond motifs is 1. The lowest BCUT2D eigenvalue weighted by atomic mass is 10.1. The van der Waals surface area contributed by atoms with Crippen molar-refractivity contribution < 1.29 is 14.3 Å². The number of carbonyl (C=O) groups is 2. The van der Waals surface area contributed by atoms with Crippen LogP contribution in [0.2, 0.25) is 5.02 Å². The molecule has 2 amide bonds. The van der Waals surface area contributed by atoms with Crippen molar-refractivity contribution in [2.45, 2.75) is 6.10 Å². The van der Waals surface area contributed by atoms with Crippen LogP contribution in [0.1, 0.15) is 0 Å². The van der Waals surface area contributed by atoms with E-state index in [2.05, 4.69) is 5.32 Å². The zero-order chi connectivity index (χ0) is 17.1. The van der Waals surface area contributed by atoms with Crippen molar-refractivity contribution in [3.63, 3.8) is 0 Å². The molecule has 6 nitrogen and oxygen atoms in total. The van der Waals surface area contributed by atoms with Crippen LogP contribution in [0.4, 0.5) is 11.4 Å². The maximum atomic E-state index is 12.3. The standard InChI is InChI=1S/C17H16ClN3O3/c18-11-4-3-5-12(8-11)20-16(22)10-21-9-15(17(19)23)24-14-7-2-1-6-13(14)21/h1-8,15H,9-10H2,(H2,19,23)(H,20,22). The maximum Gasteiger partial charge on any atom is 0.260 e. The van der Waals surface area contributed by atoms with E-state index in [9.17, 15) is 9.59 Å². The van der Waals surface area contributed by atoms with Gasteiger partial charge < -0.3 is 20.7 Å². The first-order chi connectivity index (χ1) is 11.5. The van der Waals surface area contributed by atoms with Crippen molar-refractivity contribution in [3.05, 3.63) is 53.6 Å². The Morgan fingerprint density at radius 3 is 2.79 bits per heavy atom. The first-order valence-corrected chi connectivity index (χ1v) is 7.76. The molecule has 0 radical (unpaired) electrons. The Hall–Kier alpha value is -2.73. The monoisotopic (exact) mass is 345 g/mol. The van der Waals surface area contributed by atoms with Crippen molar-refractivity contribution in [1.29, 1.82) is 0 Å². The Bertz CT molecular complexity index is 781. The van der Waals surface area contributed by atoms with E-state index in [4.69, 9.17) is 22.1 Å². The van der Waals surface area contributed by atoms with Crippen molar-refractivity contribution in [2.24, 2.45) is 5.73 Å². The Balaban J connectivity index is 1.75. The van der Waals surface area contributed by atoms with Gasteiger partial charge in [-0.05, 0) is 30.3 Å². The molecule has 0 saturated heterocycles. The quantitative estimate of drug-likeness (QED) is 0.888. The second-order valence-electron chi connectivity index (χ2n) is 5.42. The number of hydrogen-bond acceptors (Lipinski definition) is 4. The number of halogens is 1. The van der Waals surface area contributed by atoms with Gasteiger partial charge in [0.05, 0.1) is 18.8 Å². The SMILES string of the molecule is NC(=O)C1CN(CC(=O)Nc2cccc(Cl)c2)c2ccccc2O1. The molecule has 1 atom stereocenters. The number of nitrogens with one attached hydrogen (secondary N) is 1. The molecule has 124 valence electrons. The van der Waals surface area contributed by atoms with Crippen LogP contribution in [-0.4, -0.2) is 31.0 Å². The van der Waals surface area contributed by atoms with Gasteiger partial charge in [0.1, 0.15) is 5.75 Å². The third-order valence-electron chi connectivity index (χ3n) is 3.62. The van der Waals surface area contributed by atoms with Crippen molar-refractivity contribution in [2.75, 3.05) is 23.3 Å². The summed E-state index contributed by atoms with van der Waals surface area (Å²) in [5, 5.41) is 3.32. The van der Waals surface area contributed by atoms with E-state index in [1.54, 1.807) is 41.3 Å². The van der Waals surface area contributed by atoms with Crippen LogP contribution < -0.4 is 20.7 Å². The van der Waals surface area contributed by atoms with Gasteiger partial charge in [0.15, 0.2) is 6.10 Å². The normalized spacial score (nSPS) is 16.0. The van der Waals surface area contributed by atoms with Crippen molar-refractivity contribution >= 4 is 34.8 Å². The maximum absolute atomic E-state index is 12.3. The molecule has 7 heteroatoms. The third-order valence-corrected chi connectivity index (χ3v) is 3.86.